The van der Waals surface area contributed by atoms with Crippen molar-refractivity contribution in [1.29, 1.82) is 0 Å². The zero-order valence-electron chi connectivity index (χ0n) is 73.0. The van der Waals surface area contributed by atoms with E-state index < -0.39 is 23.8 Å². The number of para-hydroxylation sites is 1. The van der Waals surface area contributed by atoms with E-state index in [1.54, 1.807) is 153 Å². The summed E-state index contributed by atoms with van der Waals surface area (Å²) in [5, 5.41) is 29.8. The number of nitrogens with one attached hydrogen (secondary N) is 1. The Hall–Kier alpha value is -16.4. The second kappa shape index (κ2) is 38.7. The van der Waals surface area contributed by atoms with Crippen molar-refractivity contribution < 1.29 is 81.6 Å². The Balaban J connectivity index is 0.000000129. The van der Waals surface area contributed by atoms with Crippen LogP contribution < -0.4 is 65.3 Å². The lowest BCUT2D eigenvalue weighted by Crippen LogP contribution is -2.39. The number of piperidine rings is 3. The van der Waals surface area contributed by atoms with E-state index in [0.717, 1.165) is 73.5 Å². The van der Waals surface area contributed by atoms with Crippen LogP contribution >= 0.6 is 0 Å². The van der Waals surface area contributed by atoms with Crippen molar-refractivity contribution in [3.8, 4) is 40.0 Å². The number of rotatable bonds is 19. The molecule has 19 rings (SSSR count). The second-order valence-corrected chi connectivity index (χ2v) is 31.9. The Kier molecular flexibility index (Phi) is 26.1. The molecule has 0 saturated carbocycles. The molecule has 0 aliphatic carbocycles. The smallest absolute Gasteiger partial charge is 0.358 e. The predicted molar refractivity (Wildman–Crippen MR) is 489 cm³/mol. The molecule has 12 aromatic rings. The number of esters is 1. The Morgan fingerprint density at radius 2 is 0.568 bits per heavy atom. The number of nitrogens with zero attached hydrogens (tertiary/aromatic N) is 15. The third-order valence-electron chi connectivity index (χ3n) is 24.0. The topological polar surface area (TPSA) is 420 Å². The highest BCUT2D eigenvalue weighted by atomic mass is 16.5. The van der Waals surface area contributed by atoms with E-state index in [1.807, 2.05) is 103 Å². The molecule has 6 N–H and O–H groups in total. The summed E-state index contributed by atoms with van der Waals surface area (Å²) in [7, 11) is 6.00. The maximum absolute atomic E-state index is 13.7. The van der Waals surface area contributed by atoms with Crippen LogP contribution in [-0.4, -0.2) is 189 Å². The highest BCUT2D eigenvalue weighted by molar-refractivity contribution is 6.13. The lowest BCUT2D eigenvalue weighted by molar-refractivity contribution is -0.120. The molecule has 0 spiro atoms. The number of nitrogens with two attached hydrogens (primary N) is 2. The molecule has 0 atom stereocenters. The molecule has 11 heterocycles. The van der Waals surface area contributed by atoms with Gasteiger partial charge in [0.05, 0.1) is 51.2 Å². The van der Waals surface area contributed by atoms with Crippen LogP contribution in [0.3, 0.4) is 0 Å². The number of aromatic nitrogens is 8. The Bertz CT molecular complexity index is 6470. The molecule has 0 radical (unpaired) electrons. The molecule has 674 valence electrons. The molecule has 3 saturated heterocycles. The molecule has 4 aromatic heterocycles. The fraction of sp³-hybridized carbons (Fsp3) is 0.258. The third-order valence-corrected chi connectivity index (χ3v) is 24.0. The van der Waals surface area contributed by atoms with Crippen LogP contribution in [0, 0.1) is 0 Å². The number of anilines is 8. The highest BCUT2D eigenvalue weighted by Gasteiger charge is 2.41. The molecule has 35 heteroatoms. The number of ether oxygens (including phenoxy) is 4. The van der Waals surface area contributed by atoms with Crippen LogP contribution in [0.1, 0.15) is 171 Å². The highest BCUT2D eigenvalue weighted by Crippen LogP contribution is 2.38. The standard InChI is InChI=1S/C26H26N4O5.C25H24N4O5.C24H23N5O3.C22H21N5O4/c1-34-20-12-10-19(11-13-20)30-24-21(23(27-30)26(33)35-2)14-16-29(25(24)32)18-8-6-17(7-9-18)28-15-4-3-5-22(28)31;1-34-19-11-9-18(10-12-19)29-23-20(22(26-29)25(32)33)13-15-28(24(23)31)17-7-5-16(6-8-17)27-14-3-2-4-21(27)30;25-23(31)21-19-13-15-28(24(32)22(19)29(26-21)18-6-2-1-3-7-18)17-11-9-16(10-12-17)27-14-5-4-8-20(27)30;1-13(28)24-14-3-5-15(6-4-14)26-12-11-18-19(21(23)29)25-27(20(18)22(26)30)16-7-9-17(31-2)10-8-16/h6-13H,3-5,14-16H2,1-2H3;5-12H,2-4,13-15H2,1H3,(H,32,33);1-3,6-7,9-12H,4-5,8,13-15H2,(H2,25,31);3-10H,11-12H2,1-2H3,(H2,23,29)(H,24,28). The lowest BCUT2D eigenvalue weighted by Gasteiger charge is -2.29. The molecule has 8 aromatic carbocycles. The largest absolute Gasteiger partial charge is 0.497 e. The number of hydrogen-bond donors (Lipinski definition) is 4. The van der Waals surface area contributed by atoms with Gasteiger partial charge in [0.15, 0.2) is 22.8 Å². The van der Waals surface area contributed by atoms with Gasteiger partial charge in [-0.2, -0.15) is 20.4 Å². The van der Waals surface area contributed by atoms with Crippen LogP contribution in [0.4, 0.5) is 45.5 Å². The van der Waals surface area contributed by atoms with Crippen LogP contribution in [0.2, 0.25) is 0 Å². The van der Waals surface area contributed by atoms with Gasteiger partial charge in [0, 0.05) is 140 Å². The molecule has 7 aliphatic heterocycles. The van der Waals surface area contributed by atoms with E-state index in [-0.39, 0.29) is 75.7 Å². The SMILES string of the molecule is COC(=O)c1nn(-c2ccc(OC)cc2)c2c1CCN(c1ccc(N3CCCCC3=O)cc1)C2=O.COc1ccc(-n2nc(C(=O)O)c3c2C(=O)N(c2ccc(N4CCCCC4=O)cc2)CC3)cc1.COc1ccc(-n2nc(C(N)=O)c3c2C(=O)N(c2ccc(NC(C)=O)cc2)CC3)cc1.NC(=O)c1nn(-c2ccccc2)c2c1CCN(c1ccc(N3CCCCC3=O)cc1)C2=O. The quantitative estimate of drug-likeness (QED) is 0.0546. The van der Waals surface area contributed by atoms with Gasteiger partial charge < -0.3 is 75.1 Å². The van der Waals surface area contributed by atoms with Gasteiger partial charge in [0.1, 0.15) is 40.0 Å². The molecule has 0 unspecified atom stereocenters. The number of hydrogen-bond acceptors (Lipinski definition) is 20. The number of benzene rings is 8. The third kappa shape index (κ3) is 18.0. The van der Waals surface area contributed by atoms with Gasteiger partial charge >= 0.3 is 11.9 Å². The van der Waals surface area contributed by atoms with E-state index >= 15 is 0 Å². The van der Waals surface area contributed by atoms with Crippen molar-refractivity contribution in [1.82, 2.24) is 39.1 Å². The van der Waals surface area contributed by atoms with Crippen molar-refractivity contribution in [3.63, 3.8) is 0 Å². The second-order valence-electron chi connectivity index (χ2n) is 31.9. The molecule has 0 bridgehead atoms. The van der Waals surface area contributed by atoms with Crippen LogP contribution in [0.25, 0.3) is 22.7 Å². The number of methoxy groups -OCH3 is 4. The monoisotopic (exact) mass is 1780 g/mol. The van der Waals surface area contributed by atoms with Crippen molar-refractivity contribution >= 4 is 117 Å². The summed E-state index contributed by atoms with van der Waals surface area (Å²) in [6, 6.07) is 59.5. The Morgan fingerprint density at radius 3 is 0.841 bits per heavy atom. The Labute approximate surface area is 757 Å². The van der Waals surface area contributed by atoms with Gasteiger partial charge in [-0.3, -0.25) is 47.9 Å². The van der Waals surface area contributed by atoms with Gasteiger partial charge in [-0.15, -0.1) is 0 Å². The minimum absolute atomic E-state index is 0.0971. The van der Waals surface area contributed by atoms with E-state index in [1.165, 1.54) is 32.8 Å². The van der Waals surface area contributed by atoms with Crippen molar-refractivity contribution in [2.45, 2.75) is 90.4 Å². The molecule has 3 fully saturated rings. The summed E-state index contributed by atoms with van der Waals surface area (Å²) in [6.07, 6.45) is 9.13. The van der Waals surface area contributed by atoms with Gasteiger partial charge in [-0.05, 0) is 246 Å². The molecular weight excluding hydrogens is 1690 g/mol. The van der Waals surface area contributed by atoms with Crippen LogP contribution in [0.5, 0.6) is 17.2 Å². The molecule has 7 aliphatic rings. The Morgan fingerprint density at radius 1 is 0.311 bits per heavy atom. The zero-order chi connectivity index (χ0) is 92.7. The van der Waals surface area contributed by atoms with Crippen molar-refractivity contribution in [2.75, 3.05) is 114 Å². The summed E-state index contributed by atoms with van der Waals surface area (Å²) < 4.78 is 26.4. The normalized spacial score (nSPS) is 15.2. The maximum Gasteiger partial charge on any atom is 0.358 e. The molecule has 132 heavy (non-hydrogen) atoms. The first-order chi connectivity index (χ1) is 63.9. The first-order valence-corrected chi connectivity index (χ1v) is 43.2. The van der Waals surface area contributed by atoms with E-state index in [0.29, 0.717) is 181 Å². The molecular formula is C97H94N18O17. The molecule has 35 nitrogen and oxygen atoms in total. The maximum atomic E-state index is 13.7. The van der Waals surface area contributed by atoms with Crippen LogP contribution in [-0.2, 0) is 49.6 Å². The number of fused-ring (bicyclic) bond motifs is 4. The summed E-state index contributed by atoms with van der Waals surface area (Å²) in [6.45, 7) is 5.07. The minimum Gasteiger partial charge on any atom is -0.497 e. The number of primary amides is 2. The summed E-state index contributed by atoms with van der Waals surface area (Å²) in [5.74, 6) is -2.00. The summed E-state index contributed by atoms with van der Waals surface area (Å²) in [5.41, 5.74) is 23.1. The van der Waals surface area contributed by atoms with Crippen LogP contribution in [0.15, 0.2) is 200 Å². The number of carbonyl (C=O) groups is 12. The van der Waals surface area contributed by atoms with Crippen molar-refractivity contribution in [2.24, 2.45) is 11.5 Å². The van der Waals surface area contributed by atoms with Gasteiger partial charge in [0.2, 0.25) is 23.6 Å². The van der Waals surface area contributed by atoms with Gasteiger partial charge in [0.25, 0.3) is 35.4 Å². The number of amides is 10. The predicted octanol–water partition coefficient (Wildman–Crippen LogP) is 11.5. The first-order valence-electron chi connectivity index (χ1n) is 43.2. The number of carboxylic acids is 1. The average Bonchev–Trinajstić information content (AvgIpc) is 1.61. The summed E-state index contributed by atoms with van der Waals surface area (Å²) in [4.78, 5) is 162. The average molecular weight is 1780 g/mol. The van der Waals surface area contributed by atoms with Crippen molar-refractivity contribution in [3.05, 3.63) is 268 Å². The fourth-order valence-electron chi connectivity index (χ4n) is 17.3. The van der Waals surface area contributed by atoms with E-state index in [9.17, 15) is 62.6 Å². The summed E-state index contributed by atoms with van der Waals surface area (Å²) >= 11 is 0. The zero-order valence-corrected chi connectivity index (χ0v) is 73.0. The minimum atomic E-state index is -1.17. The number of carboxylic acid groups (broad SMARTS) is 1. The van der Waals surface area contributed by atoms with Gasteiger partial charge in [-0.1, -0.05) is 18.2 Å². The van der Waals surface area contributed by atoms with Gasteiger partial charge in [-0.25, -0.2) is 28.3 Å². The number of aromatic carboxylic acids is 1. The van der Waals surface area contributed by atoms with E-state index in [4.69, 9.17) is 30.4 Å². The number of carbonyl (C=O) groups excluding carboxylic acids is 11. The van der Waals surface area contributed by atoms with E-state index in [2.05, 4.69) is 25.7 Å². The fourth-order valence-corrected chi connectivity index (χ4v) is 17.3. The lowest BCUT2D eigenvalue weighted by atomic mass is 10.0. The first kappa shape index (κ1) is 89.0. The molecule has 10 amide bonds.